The first kappa shape index (κ1) is 18.2. The van der Waals surface area contributed by atoms with Gasteiger partial charge in [-0.1, -0.05) is 6.92 Å². The number of halogens is 1. The van der Waals surface area contributed by atoms with Gasteiger partial charge in [-0.2, -0.15) is 5.10 Å². The molecular formula is C21H27FN4O. The number of carbonyl (C=O) groups excluding carboxylic acids is 1. The van der Waals surface area contributed by atoms with Gasteiger partial charge in [0.25, 0.3) is 0 Å². The lowest BCUT2D eigenvalue weighted by molar-refractivity contribution is -0.123. The third-order valence-corrected chi connectivity index (χ3v) is 5.88. The van der Waals surface area contributed by atoms with Crippen molar-refractivity contribution in [2.24, 2.45) is 18.9 Å². The molecule has 2 fully saturated rings. The number of amides is 1. The molecule has 1 saturated carbocycles. The SMILES string of the molecule is C[C@@H]1C[C@@H]1C(=O)NC1CCN(Cc2cc(-c3ccc(F)cc3)nn2C)CC1. The quantitative estimate of drug-likeness (QED) is 0.880. The van der Waals surface area contributed by atoms with Crippen LogP contribution in [0.15, 0.2) is 30.3 Å². The molecule has 0 unspecified atom stereocenters. The van der Waals surface area contributed by atoms with E-state index in [4.69, 9.17) is 0 Å². The van der Waals surface area contributed by atoms with Crippen LogP contribution in [0.5, 0.6) is 0 Å². The Kier molecular flexibility index (Phi) is 5.00. The maximum absolute atomic E-state index is 13.1. The molecule has 27 heavy (non-hydrogen) atoms. The maximum Gasteiger partial charge on any atom is 0.223 e. The number of rotatable bonds is 5. The summed E-state index contributed by atoms with van der Waals surface area (Å²) in [6.07, 6.45) is 3.03. The van der Waals surface area contributed by atoms with E-state index < -0.39 is 0 Å². The highest BCUT2D eigenvalue weighted by Crippen LogP contribution is 2.37. The second-order valence-corrected chi connectivity index (χ2v) is 8.03. The van der Waals surface area contributed by atoms with Gasteiger partial charge in [-0.05, 0) is 55.5 Å². The smallest absolute Gasteiger partial charge is 0.223 e. The second-order valence-electron chi connectivity index (χ2n) is 8.03. The highest BCUT2D eigenvalue weighted by molar-refractivity contribution is 5.81. The van der Waals surface area contributed by atoms with Crippen LogP contribution < -0.4 is 5.32 Å². The number of aromatic nitrogens is 2. The first-order valence-electron chi connectivity index (χ1n) is 9.81. The van der Waals surface area contributed by atoms with Crippen LogP contribution >= 0.6 is 0 Å². The van der Waals surface area contributed by atoms with E-state index >= 15 is 0 Å². The lowest BCUT2D eigenvalue weighted by atomic mass is 10.0. The molecule has 1 aromatic carbocycles. The number of likely N-dealkylation sites (tertiary alicyclic amines) is 1. The van der Waals surface area contributed by atoms with Crippen molar-refractivity contribution in [1.29, 1.82) is 0 Å². The van der Waals surface area contributed by atoms with Gasteiger partial charge in [-0.15, -0.1) is 0 Å². The van der Waals surface area contributed by atoms with E-state index in [-0.39, 0.29) is 17.6 Å². The Hall–Kier alpha value is -2.21. The summed E-state index contributed by atoms with van der Waals surface area (Å²) < 4.78 is 15.0. The van der Waals surface area contributed by atoms with Gasteiger partial charge in [-0.25, -0.2) is 4.39 Å². The molecule has 2 atom stereocenters. The van der Waals surface area contributed by atoms with E-state index in [9.17, 15) is 9.18 Å². The fraction of sp³-hybridized carbons (Fsp3) is 0.524. The number of nitrogens with one attached hydrogen (secondary N) is 1. The molecule has 1 aliphatic carbocycles. The van der Waals surface area contributed by atoms with Crippen molar-refractivity contribution >= 4 is 5.91 Å². The summed E-state index contributed by atoms with van der Waals surface area (Å²) in [5.41, 5.74) is 2.94. The Balaban J connectivity index is 1.31. The molecule has 2 aliphatic rings. The predicted molar refractivity (Wildman–Crippen MR) is 102 cm³/mol. The molecule has 0 bridgehead atoms. The number of aryl methyl sites for hydroxylation is 1. The van der Waals surface area contributed by atoms with Crippen LogP contribution in [0.1, 0.15) is 31.9 Å². The molecule has 0 spiro atoms. The monoisotopic (exact) mass is 370 g/mol. The van der Waals surface area contributed by atoms with Crippen molar-refractivity contribution in [1.82, 2.24) is 20.0 Å². The number of benzene rings is 1. The van der Waals surface area contributed by atoms with Crippen molar-refractivity contribution in [3.05, 3.63) is 41.8 Å². The number of nitrogens with zero attached hydrogens (tertiary/aromatic N) is 3. The number of piperidine rings is 1. The van der Waals surface area contributed by atoms with Gasteiger partial charge < -0.3 is 5.32 Å². The van der Waals surface area contributed by atoms with Gasteiger partial charge in [0.1, 0.15) is 5.82 Å². The molecule has 1 aromatic heterocycles. The Morgan fingerprint density at radius 2 is 1.93 bits per heavy atom. The Labute approximate surface area is 159 Å². The average molecular weight is 370 g/mol. The summed E-state index contributed by atoms with van der Waals surface area (Å²) in [5, 5.41) is 7.80. The van der Waals surface area contributed by atoms with Gasteiger partial charge in [0.05, 0.1) is 11.4 Å². The fourth-order valence-corrected chi connectivity index (χ4v) is 3.88. The van der Waals surface area contributed by atoms with Crippen molar-refractivity contribution in [2.45, 2.75) is 38.8 Å². The molecule has 4 rings (SSSR count). The van der Waals surface area contributed by atoms with E-state index in [0.29, 0.717) is 12.0 Å². The van der Waals surface area contributed by atoms with Gasteiger partial charge >= 0.3 is 0 Å². The van der Waals surface area contributed by atoms with E-state index in [0.717, 1.165) is 55.8 Å². The zero-order chi connectivity index (χ0) is 19.0. The predicted octanol–water partition coefficient (Wildman–Crippen LogP) is 2.96. The van der Waals surface area contributed by atoms with Crippen molar-refractivity contribution in [3.8, 4) is 11.3 Å². The molecule has 2 heterocycles. The molecule has 2 aromatic rings. The van der Waals surface area contributed by atoms with Crippen LogP contribution in [0, 0.1) is 17.7 Å². The van der Waals surface area contributed by atoms with Crippen LogP contribution in [0.2, 0.25) is 0 Å². The standard InChI is InChI=1S/C21H27FN4O/c1-14-11-19(14)21(27)23-17-7-9-26(10-8-17)13-18-12-20(24-25(18)2)15-3-5-16(22)6-4-15/h3-6,12,14,17,19H,7-11,13H2,1-2H3,(H,23,27)/t14-,19+/m1/s1. The highest BCUT2D eigenvalue weighted by atomic mass is 19.1. The third kappa shape index (κ3) is 4.21. The molecule has 144 valence electrons. The zero-order valence-electron chi connectivity index (χ0n) is 16.0. The summed E-state index contributed by atoms with van der Waals surface area (Å²) in [7, 11) is 1.95. The average Bonchev–Trinajstić information content (AvgIpc) is 3.28. The molecule has 1 aliphatic heterocycles. The minimum atomic E-state index is -0.235. The minimum Gasteiger partial charge on any atom is -0.353 e. The minimum absolute atomic E-state index is 0.235. The number of carbonyl (C=O) groups is 1. The summed E-state index contributed by atoms with van der Waals surface area (Å²) in [6, 6.07) is 8.83. The Morgan fingerprint density at radius 1 is 1.26 bits per heavy atom. The largest absolute Gasteiger partial charge is 0.353 e. The lowest BCUT2D eigenvalue weighted by Gasteiger charge is -2.32. The Bertz CT molecular complexity index is 808. The van der Waals surface area contributed by atoms with Crippen LogP contribution in [0.25, 0.3) is 11.3 Å². The van der Waals surface area contributed by atoms with Crippen LogP contribution in [0.4, 0.5) is 4.39 Å². The van der Waals surface area contributed by atoms with Crippen molar-refractivity contribution in [3.63, 3.8) is 0 Å². The number of hydrogen-bond donors (Lipinski definition) is 1. The van der Waals surface area contributed by atoms with E-state index in [1.54, 1.807) is 12.1 Å². The third-order valence-electron chi connectivity index (χ3n) is 5.88. The molecule has 5 nitrogen and oxygen atoms in total. The van der Waals surface area contributed by atoms with Crippen molar-refractivity contribution in [2.75, 3.05) is 13.1 Å². The van der Waals surface area contributed by atoms with Gasteiger partial charge in [0.2, 0.25) is 5.91 Å². The number of hydrogen-bond acceptors (Lipinski definition) is 3. The molecule has 1 amide bonds. The molecular weight excluding hydrogens is 343 g/mol. The maximum atomic E-state index is 13.1. The second kappa shape index (κ2) is 7.43. The van der Waals surface area contributed by atoms with E-state index in [2.05, 4.69) is 28.3 Å². The first-order valence-corrected chi connectivity index (χ1v) is 9.81. The van der Waals surface area contributed by atoms with E-state index in [1.165, 1.54) is 12.1 Å². The van der Waals surface area contributed by atoms with Gasteiger partial charge in [-0.3, -0.25) is 14.4 Å². The summed E-state index contributed by atoms with van der Waals surface area (Å²) in [4.78, 5) is 14.5. The summed E-state index contributed by atoms with van der Waals surface area (Å²) >= 11 is 0. The van der Waals surface area contributed by atoms with Crippen molar-refractivity contribution < 1.29 is 9.18 Å². The molecule has 0 radical (unpaired) electrons. The molecule has 1 saturated heterocycles. The van der Waals surface area contributed by atoms with Crippen LogP contribution in [-0.2, 0) is 18.4 Å². The first-order chi connectivity index (χ1) is 13.0. The van der Waals surface area contributed by atoms with Gasteiger partial charge in [0, 0.05) is 44.2 Å². The zero-order valence-corrected chi connectivity index (χ0v) is 16.0. The van der Waals surface area contributed by atoms with Crippen LogP contribution in [-0.4, -0.2) is 39.7 Å². The highest BCUT2D eigenvalue weighted by Gasteiger charge is 2.39. The summed E-state index contributed by atoms with van der Waals surface area (Å²) in [5.74, 6) is 0.824. The summed E-state index contributed by atoms with van der Waals surface area (Å²) in [6.45, 7) is 4.93. The lowest BCUT2D eigenvalue weighted by Crippen LogP contribution is -2.45. The fourth-order valence-electron chi connectivity index (χ4n) is 3.88. The van der Waals surface area contributed by atoms with Gasteiger partial charge in [0.15, 0.2) is 0 Å². The normalized spacial score (nSPS) is 23.4. The van der Waals surface area contributed by atoms with Crippen LogP contribution in [0.3, 0.4) is 0 Å². The molecule has 6 heteroatoms. The van der Waals surface area contributed by atoms with E-state index in [1.807, 2.05) is 11.7 Å². The Morgan fingerprint density at radius 3 is 2.56 bits per heavy atom. The molecule has 1 N–H and O–H groups in total. The topological polar surface area (TPSA) is 50.2 Å².